The number of hydrogen-bond acceptors (Lipinski definition) is 10. The number of pyridine rings is 1. The second-order valence-corrected chi connectivity index (χ2v) is 9.69. The van der Waals surface area contributed by atoms with Crippen molar-refractivity contribution < 1.29 is 18.3 Å². The fourth-order valence-corrected chi connectivity index (χ4v) is 4.81. The normalized spacial score (nSPS) is 11.4. The molecule has 0 radical (unpaired) electrons. The van der Waals surface area contributed by atoms with Crippen molar-refractivity contribution in [1.82, 2.24) is 24.8 Å². The molecule has 3 aromatic heterocycles. The van der Waals surface area contributed by atoms with Crippen LogP contribution in [0, 0.1) is 27.2 Å². The molecule has 1 N–H and O–H groups in total. The molecule has 14 nitrogen and oxygen atoms in total. The van der Waals surface area contributed by atoms with Crippen molar-refractivity contribution in [2.75, 3.05) is 4.72 Å². The molecule has 0 aliphatic heterocycles. The molecule has 2 aromatic carbocycles. The molecular formula is C23H16N8O6S. The molecule has 0 saturated heterocycles. The van der Waals surface area contributed by atoms with E-state index in [1.807, 2.05) is 6.07 Å². The SMILES string of the molecule is Cc1c([N+](=O)[O-])cc(S(=O)(=O)Nc2ccc(-c3ccc4nnc(-c5ccccn5)n4n3)cc2)cc1[N+](=O)[O-]. The van der Waals surface area contributed by atoms with Crippen LogP contribution in [0.1, 0.15) is 5.56 Å². The molecule has 0 saturated carbocycles. The lowest BCUT2D eigenvalue weighted by molar-refractivity contribution is -0.395. The van der Waals surface area contributed by atoms with Gasteiger partial charge in [-0.15, -0.1) is 10.2 Å². The summed E-state index contributed by atoms with van der Waals surface area (Å²) in [5.74, 6) is 0.452. The molecule has 15 heteroatoms. The standard InChI is InChI=1S/C23H16N8O6S/c1-14-20(30(32)33)12-17(13-21(14)31(34)35)38(36,37)28-16-7-5-15(6-8-16)18-9-10-22-25-26-23(29(22)27-18)19-4-2-3-11-24-19/h2-13,28H,1H3. The summed E-state index contributed by atoms with van der Waals surface area (Å²) in [6.07, 6.45) is 1.63. The molecular weight excluding hydrogens is 516 g/mol. The van der Waals surface area contributed by atoms with Gasteiger partial charge in [-0.1, -0.05) is 18.2 Å². The number of anilines is 1. The molecule has 5 rings (SSSR count). The van der Waals surface area contributed by atoms with Crippen molar-refractivity contribution in [1.29, 1.82) is 0 Å². The number of fused-ring (bicyclic) bond motifs is 1. The Morgan fingerprint density at radius 2 is 1.55 bits per heavy atom. The molecule has 0 fully saturated rings. The number of nitrogens with one attached hydrogen (secondary N) is 1. The predicted molar refractivity (Wildman–Crippen MR) is 135 cm³/mol. The highest BCUT2D eigenvalue weighted by Gasteiger charge is 2.28. The molecule has 0 amide bonds. The Balaban J connectivity index is 1.45. The topological polar surface area (TPSA) is 188 Å². The van der Waals surface area contributed by atoms with E-state index < -0.39 is 36.1 Å². The number of benzene rings is 2. The van der Waals surface area contributed by atoms with E-state index in [0.717, 1.165) is 12.1 Å². The summed E-state index contributed by atoms with van der Waals surface area (Å²) in [6, 6.07) is 16.6. The second-order valence-electron chi connectivity index (χ2n) is 8.01. The van der Waals surface area contributed by atoms with E-state index >= 15 is 0 Å². The molecule has 190 valence electrons. The van der Waals surface area contributed by atoms with Crippen LogP contribution in [0.2, 0.25) is 0 Å². The Morgan fingerprint density at radius 1 is 0.868 bits per heavy atom. The molecule has 0 aliphatic carbocycles. The average molecular weight is 532 g/mol. The smallest absolute Gasteiger partial charge is 0.280 e. The van der Waals surface area contributed by atoms with Crippen LogP contribution in [0.15, 0.2) is 77.8 Å². The first-order valence-corrected chi connectivity index (χ1v) is 12.3. The van der Waals surface area contributed by atoms with Gasteiger partial charge in [0, 0.05) is 29.6 Å². The zero-order valence-corrected chi connectivity index (χ0v) is 20.2. The summed E-state index contributed by atoms with van der Waals surface area (Å²) < 4.78 is 29.7. The zero-order valence-electron chi connectivity index (χ0n) is 19.4. The van der Waals surface area contributed by atoms with Gasteiger partial charge in [0.25, 0.3) is 21.4 Å². The van der Waals surface area contributed by atoms with E-state index in [9.17, 15) is 28.6 Å². The second kappa shape index (κ2) is 9.29. The lowest BCUT2D eigenvalue weighted by Gasteiger charge is -2.10. The van der Waals surface area contributed by atoms with Crippen LogP contribution in [-0.4, -0.2) is 43.1 Å². The fourth-order valence-electron chi connectivity index (χ4n) is 3.71. The van der Waals surface area contributed by atoms with Crippen LogP contribution in [0.25, 0.3) is 28.4 Å². The quantitative estimate of drug-likeness (QED) is 0.238. The van der Waals surface area contributed by atoms with Gasteiger partial charge in [0.05, 0.1) is 15.5 Å². The minimum absolute atomic E-state index is 0.138. The van der Waals surface area contributed by atoms with Crippen molar-refractivity contribution in [3.63, 3.8) is 0 Å². The minimum Gasteiger partial charge on any atom is -0.280 e. The van der Waals surface area contributed by atoms with Crippen LogP contribution in [-0.2, 0) is 10.0 Å². The van der Waals surface area contributed by atoms with Crippen molar-refractivity contribution in [2.45, 2.75) is 11.8 Å². The Labute approximate surface area is 214 Å². The van der Waals surface area contributed by atoms with Gasteiger partial charge in [-0.25, -0.2) is 8.42 Å². The largest absolute Gasteiger partial charge is 0.280 e. The van der Waals surface area contributed by atoms with Crippen molar-refractivity contribution in [3.8, 4) is 22.8 Å². The Bertz CT molecular complexity index is 1790. The zero-order chi connectivity index (χ0) is 27.0. The number of rotatable bonds is 7. The van der Waals surface area contributed by atoms with E-state index in [1.54, 1.807) is 47.1 Å². The number of hydrogen-bond donors (Lipinski definition) is 1. The lowest BCUT2D eigenvalue weighted by Crippen LogP contribution is -2.14. The molecule has 0 spiro atoms. The van der Waals surface area contributed by atoms with Gasteiger partial charge >= 0.3 is 0 Å². The highest BCUT2D eigenvalue weighted by Crippen LogP contribution is 2.32. The maximum absolute atomic E-state index is 12.9. The highest BCUT2D eigenvalue weighted by molar-refractivity contribution is 7.92. The Morgan fingerprint density at radius 3 is 2.16 bits per heavy atom. The van der Waals surface area contributed by atoms with Gasteiger partial charge in [-0.2, -0.15) is 9.61 Å². The fraction of sp³-hybridized carbons (Fsp3) is 0.0435. The van der Waals surface area contributed by atoms with Gasteiger partial charge in [-0.05, 0) is 43.3 Å². The van der Waals surface area contributed by atoms with Crippen LogP contribution in [0.4, 0.5) is 17.1 Å². The van der Waals surface area contributed by atoms with E-state index in [4.69, 9.17) is 0 Å². The summed E-state index contributed by atoms with van der Waals surface area (Å²) in [7, 11) is -4.38. The van der Waals surface area contributed by atoms with Gasteiger partial charge in [-0.3, -0.25) is 29.9 Å². The van der Waals surface area contributed by atoms with E-state index in [1.165, 1.54) is 19.1 Å². The van der Waals surface area contributed by atoms with Crippen molar-refractivity contribution in [2.24, 2.45) is 0 Å². The molecule has 0 atom stereocenters. The molecule has 3 heterocycles. The number of nitro benzene ring substituents is 2. The molecule has 38 heavy (non-hydrogen) atoms. The third kappa shape index (κ3) is 4.48. The van der Waals surface area contributed by atoms with Crippen LogP contribution >= 0.6 is 0 Å². The third-order valence-electron chi connectivity index (χ3n) is 5.62. The van der Waals surface area contributed by atoms with Gasteiger partial charge in [0.15, 0.2) is 5.65 Å². The van der Waals surface area contributed by atoms with Crippen LogP contribution in [0.5, 0.6) is 0 Å². The van der Waals surface area contributed by atoms with Gasteiger partial charge in [0.1, 0.15) is 16.2 Å². The summed E-state index contributed by atoms with van der Waals surface area (Å²) in [4.78, 5) is 24.6. The highest BCUT2D eigenvalue weighted by atomic mass is 32.2. The van der Waals surface area contributed by atoms with E-state index in [0.29, 0.717) is 28.4 Å². The van der Waals surface area contributed by atoms with Crippen LogP contribution < -0.4 is 4.72 Å². The minimum atomic E-state index is -4.38. The molecule has 0 bridgehead atoms. The Kier molecular flexibility index (Phi) is 5.96. The summed E-state index contributed by atoms with van der Waals surface area (Å²) in [6.45, 7) is 1.18. The summed E-state index contributed by atoms with van der Waals surface area (Å²) in [5, 5.41) is 35.5. The number of aromatic nitrogens is 5. The lowest BCUT2D eigenvalue weighted by atomic mass is 10.1. The predicted octanol–water partition coefficient (Wildman–Crippen LogP) is 3.78. The van der Waals surface area contributed by atoms with Gasteiger partial charge < -0.3 is 0 Å². The average Bonchev–Trinajstić information content (AvgIpc) is 3.32. The van der Waals surface area contributed by atoms with E-state index in [-0.39, 0.29) is 11.3 Å². The molecule has 0 aliphatic rings. The summed E-state index contributed by atoms with van der Waals surface area (Å²) in [5.41, 5.74) is 0.856. The Hall–Kier alpha value is -5.31. The number of nitrogens with zero attached hydrogens (tertiary/aromatic N) is 7. The first-order chi connectivity index (χ1) is 18.1. The first kappa shape index (κ1) is 24.4. The monoisotopic (exact) mass is 532 g/mol. The van der Waals surface area contributed by atoms with Crippen molar-refractivity contribution in [3.05, 3.63) is 98.7 Å². The number of nitro groups is 2. The number of sulfonamides is 1. The molecule has 0 unspecified atom stereocenters. The summed E-state index contributed by atoms with van der Waals surface area (Å²) >= 11 is 0. The molecule has 5 aromatic rings. The third-order valence-corrected chi connectivity index (χ3v) is 6.98. The van der Waals surface area contributed by atoms with Crippen molar-refractivity contribution >= 4 is 32.7 Å². The van der Waals surface area contributed by atoms with Gasteiger partial charge in [0.2, 0.25) is 5.82 Å². The maximum atomic E-state index is 12.9. The first-order valence-electron chi connectivity index (χ1n) is 10.8. The van der Waals surface area contributed by atoms with E-state index in [2.05, 4.69) is 25.0 Å². The maximum Gasteiger partial charge on any atom is 0.280 e. The van der Waals surface area contributed by atoms with Crippen LogP contribution in [0.3, 0.4) is 0 Å².